The number of aromatic nitrogens is 1. The molecule has 1 fully saturated rings. The lowest BCUT2D eigenvalue weighted by Crippen LogP contribution is -2.45. The maximum atomic E-state index is 6.06. The average molecular weight is 239 g/mol. The highest BCUT2D eigenvalue weighted by Gasteiger charge is 2.23. The van der Waals surface area contributed by atoms with Crippen molar-refractivity contribution in [3.63, 3.8) is 0 Å². The molecule has 3 nitrogen and oxygen atoms in total. The molecule has 0 spiro atoms. The van der Waals surface area contributed by atoms with Gasteiger partial charge in [-0.05, 0) is 26.2 Å². The molecule has 1 aliphatic rings. The van der Waals surface area contributed by atoms with Gasteiger partial charge in [0.1, 0.15) is 0 Å². The van der Waals surface area contributed by atoms with Crippen LogP contribution in [0.25, 0.3) is 0 Å². The fourth-order valence-electron chi connectivity index (χ4n) is 2.57. The normalized spacial score (nSPS) is 27.2. The van der Waals surface area contributed by atoms with Gasteiger partial charge >= 0.3 is 0 Å². The summed E-state index contributed by atoms with van der Waals surface area (Å²) < 4.78 is 0. The molecule has 2 N–H and O–H groups in total. The number of hydrogen-bond donors (Lipinski definition) is 1. The fourth-order valence-corrected chi connectivity index (χ4v) is 3.54. The lowest BCUT2D eigenvalue weighted by atomic mass is 9.96. The van der Waals surface area contributed by atoms with Crippen LogP contribution in [0.3, 0.4) is 0 Å². The molecule has 90 valence electrons. The molecule has 0 radical (unpaired) electrons. The minimum absolute atomic E-state index is 0.345. The molecular weight excluding hydrogens is 218 g/mol. The average Bonchev–Trinajstić information content (AvgIpc) is 2.43. The number of nitrogens with two attached hydrogens (primary N) is 1. The van der Waals surface area contributed by atoms with Crippen molar-refractivity contribution in [1.29, 1.82) is 0 Å². The van der Waals surface area contributed by atoms with Crippen molar-refractivity contribution < 1.29 is 0 Å². The van der Waals surface area contributed by atoms with Gasteiger partial charge in [-0.3, -0.25) is 4.90 Å². The van der Waals surface area contributed by atoms with E-state index in [0.29, 0.717) is 6.04 Å². The summed E-state index contributed by atoms with van der Waals surface area (Å²) in [7, 11) is 0. The van der Waals surface area contributed by atoms with Gasteiger partial charge in [0, 0.05) is 30.6 Å². The highest BCUT2D eigenvalue weighted by Crippen LogP contribution is 2.22. The Morgan fingerprint density at radius 2 is 2.19 bits per heavy atom. The van der Waals surface area contributed by atoms with Crippen molar-refractivity contribution in [3.8, 4) is 0 Å². The van der Waals surface area contributed by atoms with Crippen molar-refractivity contribution >= 4 is 11.3 Å². The number of likely N-dealkylation sites (tertiary alicyclic amines) is 1. The third-order valence-corrected chi connectivity index (χ3v) is 4.19. The number of aryl methyl sites for hydroxylation is 2. The van der Waals surface area contributed by atoms with E-state index >= 15 is 0 Å². The van der Waals surface area contributed by atoms with E-state index in [1.807, 2.05) is 11.3 Å². The Morgan fingerprint density at radius 1 is 1.44 bits per heavy atom. The van der Waals surface area contributed by atoms with Crippen molar-refractivity contribution in [1.82, 2.24) is 9.88 Å². The van der Waals surface area contributed by atoms with Crippen molar-refractivity contribution in [3.05, 3.63) is 15.6 Å². The van der Waals surface area contributed by atoms with Gasteiger partial charge in [-0.15, -0.1) is 11.3 Å². The maximum Gasteiger partial charge on any atom is 0.0900 e. The predicted octanol–water partition coefficient (Wildman–Crippen LogP) is 1.93. The number of hydrogen-bond acceptors (Lipinski definition) is 4. The molecule has 0 aromatic carbocycles. The molecule has 2 rings (SSSR count). The molecule has 1 saturated heterocycles. The highest BCUT2D eigenvalue weighted by molar-refractivity contribution is 7.11. The third-order valence-electron chi connectivity index (χ3n) is 3.13. The van der Waals surface area contributed by atoms with Gasteiger partial charge in [-0.25, -0.2) is 4.98 Å². The standard InChI is InChI=1S/C12H21N3S/c1-8-4-11(13)6-15(5-8)7-12-9(2)14-10(3)16-12/h8,11H,4-7,13H2,1-3H3. The molecule has 0 aliphatic carbocycles. The van der Waals surface area contributed by atoms with Crippen LogP contribution in [0.5, 0.6) is 0 Å². The molecule has 1 aliphatic heterocycles. The van der Waals surface area contributed by atoms with Crippen molar-refractivity contribution in [2.45, 2.75) is 39.8 Å². The van der Waals surface area contributed by atoms with E-state index in [-0.39, 0.29) is 0 Å². The van der Waals surface area contributed by atoms with Crippen LogP contribution >= 0.6 is 11.3 Å². The quantitative estimate of drug-likeness (QED) is 0.857. The van der Waals surface area contributed by atoms with Crippen LogP contribution in [0.15, 0.2) is 0 Å². The van der Waals surface area contributed by atoms with Crippen LogP contribution in [-0.4, -0.2) is 29.0 Å². The topological polar surface area (TPSA) is 42.2 Å². The Bertz CT molecular complexity index is 351. The monoisotopic (exact) mass is 239 g/mol. The largest absolute Gasteiger partial charge is 0.327 e. The van der Waals surface area contributed by atoms with E-state index in [9.17, 15) is 0 Å². The molecule has 2 atom stereocenters. The lowest BCUT2D eigenvalue weighted by molar-refractivity contribution is 0.159. The zero-order valence-electron chi connectivity index (χ0n) is 10.4. The smallest absolute Gasteiger partial charge is 0.0900 e. The molecule has 4 heteroatoms. The molecule has 1 aromatic heterocycles. The van der Waals surface area contributed by atoms with Gasteiger partial charge in [0.15, 0.2) is 0 Å². The molecule has 1 aromatic rings. The highest BCUT2D eigenvalue weighted by atomic mass is 32.1. The van der Waals surface area contributed by atoms with Gasteiger partial charge < -0.3 is 5.73 Å². The SMILES string of the molecule is Cc1nc(C)c(CN2CC(C)CC(N)C2)s1. The first kappa shape index (κ1) is 12.0. The van der Waals surface area contributed by atoms with E-state index in [4.69, 9.17) is 5.73 Å². The van der Waals surface area contributed by atoms with Gasteiger partial charge in [0.2, 0.25) is 0 Å². The van der Waals surface area contributed by atoms with E-state index in [1.165, 1.54) is 22.1 Å². The van der Waals surface area contributed by atoms with Gasteiger partial charge in [-0.1, -0.05) is 6.92 Å². The molecule has 0 amide bonds. The van der Waals surface area contributed by atoms with Crippen molar-refractivity contribution in [2.75, 3.05) is 13.1 Å². The summed E-state index contributed by atoms with van der Waals surface area (Å²) in [5.41, 5.74) is 7.25. The summed E-state index contributed by atoms with van der Waals surface area (Å²) in [6.07, 6.45) is 1.16. The third kappa shape index (κ3) is 2.81. The zero-order chi connectivity index (χ0) is 11.7. The van der Waals surface area contributed by atoms with Gasteiger partial charge in [0.25, 0.3) is 0 Å². The first-order valence-electron chi connectivity index (χ1n) is 5.95. The van der Waals surface area contributed by atoms with E-state index in [1.54, 1.807) is 0 Å². The summed E-state index contributed by atoms with van der Waals surface area (Å²) in [6.45, 7) is 9.69. The van der Waals surface area contributed by atoms with Crippen LogP contribution in [0.2, 0.25) is 0 Å². The Balaban J connectivity index is 2.01. The lowest BCUT2D eigenvalue weighted by Gasteiger charge is -2.34. The van der Waals surface area contributed by atoms with E-state index in [2.05, 4.69) is 30.7 Å². The van der Waals surface area contributed by atoms with E-state index in [0.717, 1.165) is 25.4 Å². The number of nitrogens with zero attached hydrogens (tertiary/aromatic N) is 2. The number of thiazole rings is 1. The minimum atomic E-state index is 0.345. The summed E-state index contributed by atoms with van der Waals surface area (Å²) in [5, 5.41) is 1.17. The summed E-state index contributed by atoms with van der Waals surface area (Å²) in [4.78, 5) is 8.35. The second kappa shape index (κ2) is 4.82. The van der Waals surface area contributed by atoms with Crippen LogP contribution in [0, 0.1) is 19.8 Å². The Morgan fingerprint density at radius 3 is 2.75 bits per heavy atom. The Labute approximate surface area is 102 Å². The fraction of sp³-hybridized carbons (Fsp3) is 0.750. The summed E-state index contributed by atoms with van der Waals surface area (Å²) in [5.74, 6) is 0.720. The molecular formula is C12H21N3S. The molecule has 2 heterocycles. The molecule has 16 heavy (non-hydrogen) atoms. The number of piperidine rings is 1. The maximum absolute atomic E-state index is 6.06. The van der Waals surface area contributed by atoms with Crippen LogP contribution in [0.4, 0.5) is 0 Å². The van der Waals surface area contributed by atoms with Crippen LogP contribution in [0.1, 0.15) is 28.9 Å². The summed E-state index contributed by atoms with van der Waals surface area (Å²) >= 11 is 1.82. The van der Waals surface area contributed by atoms with Crippen LogP contribution in [-0.2, 0) is 6.54 Å². The van der Waals surface area contributed by atoms with Crippen LogP contribution < -0.4 is 5.73 Å². The van der Waals surface area contributed by atoms with E-state index < -0.39 is 0 Å². The molecule has 0 bridgehead atoms. The molecule has 0 saturated carbocycles. The minimum Gasteiger partial charge on any atom is -0.327 e. The van der Waals surface area contributed by atoms with Gasteiger partial charge in [-0.2, -0.15) is 0 Å². The van der Waals surface area contributed by atoms with Crippen molar-refractivity contribution in [2.24, 2.45) is 11.7 Å². The second-order valence-electron chi connectivity index (χ2n) is 5.04. The Hall–Kier alpha value is -0.450. The number of rotatable bonds is 2. The Kier molecular flexibility index (Phi) is 3.62. The second-order valence-corrected chi connectivity index (χ2v) is 6.32. The first-order valence-corrected chi connectivity index (χ1v) is 6.77. The molecule has 2 unspecified atom stereocenters. The van der Waals surface area contributed by atoms with Gasteiger partial charge in [0.05, 0.1) is 10.7 Å². The summed E-state index contributed by atoms with van der Waals surface area (Å²) in [6, 6.07) is 0.345. The predicted molar refractivity (Wildman–Crippen MR) is 68.6 cm³/mol. The first-order chi connectivity index (χ1) is 7.54. The zero-order valence-corrected chi connectivity index (χ0v) is 11.2.